The van der Waals surface area contributed by atoms with Crippen molar-refractivity contribution in [3.05, 3.63) is 21.4 Å². The van der Waals surface area contributed by atoms with E-state index in [1.54, 1.807) is 11.3 Å². The smallest absolute Gasteiger partial charge is 0.376 e. The number of halogens is 3. The summed E-state index contributed by atoms with van der Waals surface area (Å²) in [5.74, 6) is 0. The van der Waals surface area contributed by atoms with Gasteiger partial charge in [-0.25, -0.2) is 0 Å². The number of hydrogen-bond donors (Lipinski definition) is 1. The van der Waals surface area contributed by atoms with Gasteiger partial charge in [0.15, 0.2) is 0 Å². The van der Waals surface area contributed by atoms with Gasteiger partial charge in [-0.1, -0.05) is 0 Å². The molecule has 0 aromatic carbocycles. The van der Waals surface area contributed by atoms with Gasteiger partial charge in [-0.2, -0.15) is 13.2 Å². The SMILES string of the molecule is FC(F)(F)CNCc1csc2c1CCOC2. The Morgan fingerprint density at radius 2 is 2.25 bits per heavy atom. The number of fused-ring (bicyclic) bond motifs is 1. The summed E-state index contributed by atoms with van der Waals surface area (Å²) in [6.45, 7) is 0.606. The third-order valence-corrected chi connectivity index (χ3v) is 3.49. The Kier molecular flexibility index (Phi) is 3.51. The van der Waals surface area contributed by atoms with Crippen LogP contribution >= 0.6 is 11.3 Å². The van der Waals surface area contributed by atoms with Crippen LogP contribution < -0.4 is 5.32 Å². The van der Waals surface area contributed by atoms with Crippen LogP contribution in [0, 0.1) is 0 Å². The van der Waals surface area contributed by atoms with Crippen molar-refractivity contribution in [3.8, 4) is 0 Å². The minimum Gasteiger partial charge on any atom is -0.376 e. The minimum absolute atomic E-state index is 0.283. The van der Waals surface area contributed by atoms with Crippen molar-refractivity contribution in [2.75, 3.05) is 13.2 Å². The van der Waals surface area contributed by atoms with E-state index in [1.165, 1.54) is 5.56 Å². The number of ether oxygens (including phenoxy) is 1. The van der Waals surface area contributed by atoms with Crippen LogP contribution in [0.2, 0.25) is 0 Å². The van der Waals surface area contributed by atoms with Crippen LogP contribution in [-0.2, 0) is 24.3 Å². The van der Waals surface area contributed by atoms with Gasteiger partial charge >= 0.3 is 6.18 Å². The molecule has 0 spiro atoms. The van der Waals surface area contributed by atoms with Crippen molar-refractivity contribution >= 4 is 11.3 Å². The van der Waals surface area contributed by atoms with E-state index in [4.69, 9.17) is 4.74 Å². The average molecular weight is 251 g/mol. The van der Waals surface area contributed by atoms with Crippen LogP contribution in [0.5, 0.6) is 0 Å². The Labute approximate surface area is 95.4 Å². The molecule has 0 bridgehead atoms. The quantitative estimate of drug-likeness (QED) is 0.891. The molecule has 2 rings (SSSR count). The summed E-state index contributed by atoms with van der Waals surface area (Å²) < 4.78 is 41.1. The van der Waals surface area contributed by atoms with Gasteiger partial charge in [0.1, 0.15) is 0 Å². The monoisotopic (exact) mass is 251 g/mol. The van der Waals surface area contributed by atoms with Gasteiger partial charge in [-0.15, -0.1) is 11.3 Å². The molecule has 0 atom stereocenters. The molecule has 1 aliphatic rings. The highest BCUT2D eigenvalue weighted by Gasteiger charge is 2.26. The number of alkyl halides is 3. The standard InChI is InChI=1S/C10H12F3NOS/c11-10(12,13)6-14-3-7-5-16-9-4-15-2-1-8(7)9/h5,14H,1-4,6H2. The summed E-state index contributed by atoms with van der Waals surface area (Å²) in [6.07, 6.45) is -3.33. The van der Waals surface area contributed by atoms with E-state index >= 15 is 0 Å². The number of thiophene rings is 1. The molecule has 1 aliphatic heterocycles. The summed E-state index contributed by atoms with van der Waals surface area (Å²) in [7, 11) is 0. The Balaban J connectivity index is 1.92. The zero-order valence-electron chi connectivity index (χ0n) is 8.56. The average Bonchev–Trinajstić information content (AvgIpc) is 2.60. The molecule has 0 unspecified atom stereocenters. The van der Waals surface area contributed by atoms with Crippen LogP contribution in [0.25, 0.3) is 0 Å². The fourth-order valence-corrected chi connectivity index (χ4v) is 2.75. The van der Waals surface area contributed by atoms with Gasteiger partial charge in [-0.05, 0) is 22.9 Å². The fourth-order valence-electron chi connectivity index (χ4n) is 1.71. The van der Waals surface area contributed by atoms with Crippen molar-refractivity contribution < 1.29 is 17.9 Å². The first-order valence-electron chi connectivity index (χ1n) is 4.99. The topological polar surface area (TPSA) is 21.3 Å². The molecule has 6 heteroatoms. The first-order chi connectivity index (χ1) is 7.56. The van der Waals surface area contributed by atoms with Crippen molar-refractivity contribution in [2.45, 2.75) is 25.7 Å². The second-order valence-corrected chi connectivity index (χ2v) is 4.65. The van der Waals surface area contributed by atoms with Crippen molar-refractivity contribution in [2.24, 2.45) is 0 Å². The maximum Gasteiger partial charge on any atom is 0.401 e. The Morgan fingerprint density at radius 3 is 3.00 bits per heavy atom. The van der Waals surface area contributed by atoms with E-state index in [2.05, 4.69) is 5.32 Å². The van der Waals surface area contributed by atoms with Crippen LogP contribution in [0.15, 0.2) is 5.38 Å². The number of hydrogen-bond acceptors (Lipinski definition) is 3. The van der Waals surface area contributed by atoms with E-state index in [1.807, 2.05) is 5.38 Å². The molecule has 1 aromatic heterocycles. The van der Waals surface area contributed by atoms with Gasteiger partial charge in [0.2, 0.25) is 0 Å². The Bertz CT molecular complexity index is 361. The van der Waals surface area contributed by atoms with E-state index in [-0.39, 0.29) is 6.54 Å². The second-order valence-electron chi connectivity index (χ2n) is 3.68. The molecular weight excluding hydrogens is 239 g/mol. The third-order valence-electron chi connectivity index (χ3n) is 2.44. The first kappa shape index (κ1) is 11.9. The van der Waals surface area contributed by atoms with E-state index in [0.717, 1.165) is 16.9 Å². The van der Waals surface area contributed by atoms with Crippen molar-refractivity contribution in [1.29, 1.82) is 0 Å². The van der Waals surface area contributed by atoms with Crippen LogP contribution in [0.1, 0.15) is 16.0 Å². The molecule has 0 saturated heterocycles. The molecule has 0 aliphatic carbocycles. The number of rotatable bonds is 3. The fraction of sp³-hybridized carbons (Fsp3) is 0.600. The predicted octanol–water partition coefficient (Wildman–Crippen LogP) is 2.47. The molecule has 90 valence electrons. The maximum absolute atomic E-state index is 11.9. The number of nitrogens with one attached hydrogen (secondary N) is 1. The zero-order valence-corrected chi connectivity index (χ0v) is 9.38. The van der Waals surface area contributed by atoms with Gasteiger partial charge < -0.3 is 10.1 Å². The summed E-state index contributed by atoms with van der Waals surface area (Å²) >= 11 is 1.56. The maximum atomic E-state index is 11.9. The molecule has 16 heavy (non-hydrogen) atoms. The molecule has 1 aromatic rings. The lowest BCUT2D eigenvalue weighted by molar-refractivity contribution is -0.125. The summed E-state index contributed by atoms with van der Waals surface area (Å²) in [5.41, 5.74) is 2.15. The van der Waals surface area contributed by atoms with Crippen molar-refractivity contribution in [3.63, 3.8) is 0 Å². The highest BCUT2D eigenvalue weighted by atomic mass is 32.1. The van der Waals surface area contributed by atoms with Gasteiger partial charge in [0, 0.05) is 11.4 Å². The normalized spacial score (nSPS) is 16.2. The highest BCUT2D eigenvalue weighted by molar-refractivity contribution is 7.10. The van der Waals surface area contributed by atoms with Gasteiger partial charge in [0.25, 0.3) is 0 Å². The molecule has 0 saturated carbocycles. The lowest BCUT2D eigenvalue weighted by Crippen LogP contribution is -2.28. The van der Waals surface area contributed by atoms with Crippen LogP contribution in [0.3, 0.4) is 0 Å². The molecule has 1 N–H and O–H groups in total. The molecule has 0 fully saturated rings. The Morgan fingerprint density at radius 1 is 1.44 bits per heavy atom. The van der Waals surface area contributed by atoms with Gasteiger partial charge in [0.05, 0.1) is 19.8 Å². The highest BCUT2D eigenvalue weighted by Crippen LogP contribution is 2.27. The zero-order chi connectivity index (χ0) is 11.6. The second kappa shape index (κ2) is 4.73. The van der Waals surface area contributed by atoms with Gasteiger partial charge in [-0.3, -0.25) is 0 Å². The molecule has 2 heterocycles. The lowest BCUT2D eigenvalue weighted by atomic mass is 10.1. The molecule has 0 amide bonds. The predicted molar refractivity (Wildman–Crippen MR) is 55.4 cm³/mol. The summed E-state index contributed by atoms with van der Waals surface area (Å²) in [6, 6.07) is 0. The largest absolute Gasteiger partial charge is 0.401 e. The van der Waals surface area contributed by atoms with Crippen LogP contribution in [0.4, 0.5) is 13.2 Å². The minimum atomic E-state index is -4.14. The molecule has 0 radical (unpaired) electrons. The third kappa shape index (κ3) is 2.96. The molecular formula is C10H12F3NOS. The van der Waals surface area contributed by atoms with E-state index < -0.39 is 12.7 Å². The Hall–Kier alpha value is -0.590. The van der Waals surface area contributed by atoms with E-state index in [9.17, 15) is 13.2 Å². The summed E-state index contributed by atoms with van der Waals surface area (Å²) in [5, 5.41) is 4.34. The summed E-state index contributed by atoms with van der Waals surface area (Å²) in [4.78, 5) is 1.15. The van der Waals surface area contributed by atoms with Crippen molar-refractivity contribution in [1.82, 2.24) is 5.32 Å². The first-order valence-corrected chi connectivity index (χ1v) is 5.87. The lowest BCUT2D eigenvalue weighted by Gasteiger charge is -2.14. The van der Waals surface area contributed by atoms with Crippen LogP contribution in [-0.4, -0.2) is 19.3 Å². The molecule has 2 nitrogen and oxygen atoms in total. The van der Waals surface area contributed by atoms with E-state index in [0.29, 0.717) is 13.2 Å².